The number of aryl methyl sites for hydroxylation is 1. The number of nitrogens with zero attached hydrogens (tertiary/aromatic N) is 1. The minimum atomic E-state index is -0.945. The predicted octanol–water partition coefficient (Wildman–Crippen LogP) is 3.96. The SMILES string of the molecule is Cc1cccc(C(=O)Oc2ccc(/C=N\NC(=O)C(=O)Nc3ccccc3Cl)cc2)c1. The minimum Gasteiger partial charge on any atom is -0.423 e. The summed E-state index contributed by atoms with van der Waals surface area (Å²) in [4.78, 5) is 35.9. The number of hydrogen-bond acceptors (Lipinski definition) is 5. The standard InChI is InChI=1S/C23H18ClN3O4/c1-15-5-4-6-17(13-15)23(30)31-18-11-9-16(10-12-18)14-25-27-22(29)21(28)26-20-8-3-2-7-19(20)24/h2-14H,1H3,(H,26,28)(H,27,29)/b25-14-. The zero-order chi connectivity index (χ0) is 22.2. The van der Waals surface area contributed by atoms with E-state index in [1.807, 2.05) is 13.0 Å². The summed E-state index contributed by atoms with van der Waals surface area (Å²) in [6.07, 6.45) is 1.35. The molecule has 0 fully saturated rings. The van der Waals surface area contributed by atoms with E-state index in [0.717, 1.165) is 5.56 Å². The molecule has 8 heteroatoms. The second-order valence-electron chi connectivity index (χ2n) is 6.46. The average Bonchev–Trinajstić information content (AvgIpc) is 2.76. The Kier molecular flexibility index (Phi) is 7.13. The van der Waals surface area contributed by atoms with E-state index in [-0.39, 0.29) is 0 Å². The lowest BCUT2D eigenvalue weighted by molar-refractivity contribution is -0.136. The van der Waals surface area contributed by atoms with Crippen molar-refractivity contribution in [1.29, 1.82) is 0 Å². The van der Waals surface area contributed by atoms with Crippen molar-refractivity contribution in [2.75, 3.05) is 5.32 Å². The summed E-state index contributed by atoms with van der Waals surface area (Å²) in [5.41, 5.74) is 4.51. The molecule has 2 N–H and O–H groups in total. The molecule has 0 radical (unpaired) electrons. The molecule has 7 nitrogen and oxygen atoms in total. The van der Waals surface area contributed by atoms with Crippen molar-refractivity contribution in [3.63, 3.8) is 0 Å². The Morgan fingerprint density at radius 1 is 0.935 bits per heavy atom. The van der Waals surface area contributed by atoms with Gasteiger partial charge in [-0.05, 0) is 61.0 Å². The second kappa shape index (κ2) is 10.2. The van der Waals surface area contributed by atoms with Gasteiger partial charge in [0.2, 0.25) is 0 Å². The van der Waals surface area contributed by atoms with Gasteiger partial charge >= 0.3 is 17.8 Å². The largest absolute Gasteiger partial charge is 0.423 e. The molecular weight excluding hydrogens is 418 g/mol. The number of carbonyl (C=O) groups is 3. The van der Waals surface area contributed by atoms with Crippen LogP contribution in [0.2, 0.25) is 5.02 Å². The molecule has 3 aromatic rings. The number of esters is 1. The molecule has 0 atom stereocenters. The van der Waals surface area contributed by atoms with E-state index in [4.69, 9.17) is 16.3 Å². The molecule has 0 aliphatic heterocycles. The zero-order valence-corrected chi connectivity index (χ0v) is 17.2. The van der Waals surface area contributed by atoms with Gasteiger partial charge in [-0.3, -0.25) is 9.59 Å². The van der Waals surface area contributed by atoms with E-state index in [1.54, 1.807) is 66.7 Å². The molecule has 156 valence electrons. The number of nitrogens with one attached hydrogen (secondary N) is 2. The molecule has 0 unspecified atom stereocenters. The lowest BCUT2D eigenvalue weighted by Gasteiger charge is -2.06. The number of hydrazone groups is 1. The molecule has 3 aromatic carbocycles. The molecule has 0 saturated carbocycles. The van der Waals surface area contributed by atoms with Gasteiger partial charge in [0.1, 0.15) is 5.75 Å². The second-order valence-corrected chi connectivity index (χ2v) is 6.87. The van der Waals surface area contributed by atoms with E-state index in [2.05, 4.69) is 15.8 Å². The van der Waals surface area contributed by atoms with Crippen LogP contribution in [-0.4, -0.2) is 24.0 Å². The van der Waals surface area contributed by atoms with Crippen LogP contribution in [0, 0.1) is 6.92 Å². The fourth-order valence-corrected chi connectivity index (χ4v) is 2.70. The molecular formula is C23H18ClN3O4. The van der Waals surface area contributed by atoms with E-state index in [9.17, 15) is 14.4 Å². The van der Waals surface area contributed by atoms with Gasteiger partial charge in [-0.2, -0.15) is 5.10 Å². The number of amides is 2. The maximum atomic E-state index is 12.2. The van der Waals surface area contributed by atoms with Crippen molar-refractivity contribution in [2.24, 2.45) is 5.10 Å². The van der Waals surface area contributed by atoms with E-state index >= 15 is 0 Å². The fourth-order valence-electron chi connectivity index (χ4n) is 2.52. The van der Waals surface area contributed by atoms with Gasteiger partial charge in [0.15, 0.2) is 0 Å². The summed E-state index contributed by atoms with van der Waals surface area (Å²) in [5, 5.41) is 6.46. The van der Waals surface area contributed by atoms with Crippen LogP contribution < -0.4 is 15.5 Å². The quantitative estimate of drug-likeness (QED) is 0.208. The number of benzene rings is 3. The lowest BCUT2D eigenvalue weighted by atomic mass is 10.1. The first-order valence-corrected chi connectivity index (χ1v) is 9.58. The third-order valence-corrected chi connectivity index (χ3v) is 4.38. The third kappa shape index (κ3) is 6.25. The highest BCUT2D eigenvalue weighted by atomic mass is 35.5. The van der Waals surface area contributed by atoms with Crippen molar-refractivity contribution in [2.45, 2.75) is 6.92 Å². The fraction of sp³-hybridized carbons (Fsp3) is 0.0435. The van der Waals surface area contributed by atoms with Crippen molar-refractivity contribution in [3.05, 3.63) is 94.5 Å². The summed E-state index contributed by atoms with van der Waals surface area (Å²) in [7, 11) is 0. The molecule has 0 bridgehead atoms. The van der Waals surface area contributed by atoms with Crippen LogP contribution in [0.25, 0.3) is 0 Å². The highest BCUT2D eigenvalue weighted by Crippen LogP contribution is 2.20. The van der Waals surface area contributed by atoms with E-state index < -0.39 is 17.8 Å². The zero-order valence-electron chi connectivity index (χ0n) is 16.5. The topological polar surface area (TPSA) is 96.9 Å². The number of ether oxygens (including phenoxy) is 1. The molecule has 0 aliphatic rings. The maximum absolute atomic E-state index is 12.2. The Balaban J connectivity index is 1.52. The van der Waals surface area contributed by atoms with Crippen LogP contribution in [0.1, 0.15) is 21.5 Å². The summed E-state index contributed by atoms with van der Waals surface area (Å²) >= 11 is 5.94. The minimum absolute atomic E-state index is 0.315. The van der Waals surface area contributed by atoms with E-state index in [0.29, 0.717) is 27.6 Å². The monoisotopic (exact) mass is 435 g/mol. The van der Waals surface area contributed by atoms with Crippen molar-refractivity contribution in [1.82, 2.24) is 5.43 Å². The first-order valence-electron chi connectivity index (χ1n) is 9.20. The lowest BCUT2D eigenvalue weighted by Crippen LogP contribution is -2.32. The third-order valence-electron chi connectivity index (χ3n) is 4.05. The molecule has 2 amide bonds. The summed E-state index contributed by atoms with van der Waals surface area (Å²) in [6, 6.07) is 20.2. The molecule has 3 rings (SSSR count). The van der Waals surface area contributed by atoms with Crippen LogP contribution in [0.3, 0.4) is 0 Å². The Morgan fingerprint density at radius 3 is 2.39 bits per heavy atom. The van der Waals surface area contributed by atoms with Crippen LogP contribution in [0.15, 0.2) is 77.9 Å². The van der Waals surface area contributed by atoms with E-state index in [1.165, 1.54) is 6.21 Å². The van der Waals surface area contributed by atoms with Crippen LogP contribution in [0.5, 0.6) is 5.75 Å². The van der Waals surface area contributed by atoms with Gasteiger partial charge in [0.25, 0.3) is 0 Å². The Morgan fingerprint density at radius 2 is 1.68 bits per heavy atom. The predicted molar refractivity (Wildman–Crippen MR) is 118 cm³/mol. The molecule has 0 saturated heterocycles. The number of rotatable bonds is 5. The number of anilines is 1. The van der Waals surface area contributed by atoms with Gasteiger partial charge in [-0.1, -0.05) is 41.4 Å². The van der Waals surface area contributed by atoms with Crippen LogP contribution in [0.4, 0.5) is 5.69 Å². The Bertz CT molecular complexity index is 1140. The number of hydrogen-bond donors (Lipinski definition) is 2. The number of halogens is 1. The molecule has 0 heterocycles. The summed E-state index contributed by atoms with van der Waals surface area (Å²) in [5.74, 6) is -1.93. The van der Waals surface area contributed by atoms with Crippen molar-refractivity contribution >= 4 is 41.3 Å². The van der Waals surface area contributed by atoms with Gasteiger partial charge < -0.3 is 10.1 Å². The number of para-hydroxylation sites is 1. The summed E-state index contributed by atoms with van der Waals surface area (Å²) in [6.45, 7) is 1.89. The van der Waals surface area contributed by atoms with Crippen LogP contribution in [-0.2, 0) is 9.59 Å². The average molecular weight is 436 g/mol. The number of carbonyl (C=O) groups excluding carboxylic acids is 3. The first kappa shape index (κ1) is 21.7. The highest BCUT2D eigenvalue weighted by molar-refractivity contribution is 6.41. The maximum Gasteiger partial charge on any atom is 0.343 e. The smallest absolute Gasteiger partial charge is 0.343 e. The van der Waals surface area contributed by atoms with Gasteiger partial charge in [-0.15, -0.1) is 0 Å². The van der Waals surface area contributed by atoms with Crippen molar-refractivity contribution in [3.8, 4) is 5.75 Å². The molecule has 0 aliphatic carbocycles. The van der Waals surface area contributed by atoms with Crippen molar-refractivity contribution < 1.29 is 19.1 Å². The molecule has 31 heavy (non-hydrogen) atoms. The molecule has 0 aromatic heterocycles. The normalized spacial score (nSPS) is 10.5. The van der Waals surface area contributed by atoms with Crippen LogP contribution >= 0.6 is 11.6 Å². The molecule has 0 spiro atoms. The summed E-state index contributed by atoms with van der Waals surface area (Å²) < 4.78 is 5.33. The first-order chi connectivity index (χ1) is 14.9. The Labute approximate surface area is 183 Å². The van der Waals surface area contributed by atoms with Gasteiger partial charge in [0, 0.05) is 0 Å². The van der Waals surface area contributed by atoms with Gasteiger partial charge in [-0.25, -0.2) is 10.2 Å². The Hall–Kier alpha value is -3.97. The van der Waals surface area contributed by atoms with Gasteiger partial charge in [0.05, 0.1) is 22.5 Å². The highest BCUT2D eigenvalue weighted by Gasteiger charge is 2.14.